The van der Waals surface area contributed by atoms with E-state index in [9.17, 15) is 4.79 Å². The van der Waals surface area contributed by atoms with Gasteiger partial charge in [0, 0.05) is 51.4 Å². The quantitative estimate of drug-likeness (QED) is 0.543. The van der Waals surface area contributed by atoms with Crippen LogP contribution in [0.1, 0.15) is 12.5 Å². The number of rotatable bonds is 6. The summed E-state index contributed by atoms with van der Waals surface area (Å²) < 4.78 is 12.2. The molecule has 23 heavy (non-hydrogen) atoms. The maximum absolute atomic E-state index is 12.1. The van der Waals surface area contributed by atoms with Gasteiger partial charge in [0.1, 0.15) is 12.4 Å². The Morgan fingerprint density at radius 2 is 2.04 bits per heavy atom. The van der Waals surface area contributed by atoms with Crippen LogP contribution < -0.4 is 10.3 Å². The number of hydrogen-bond donors (Lipinski definition) is 0. The van der Waals surface area contributed by atoms with E-state index in [1.165, 1.54) is 6.07 Å². The smallest absolute Gasteiger partial charge is 0.212 e. The zero-order valence-corrected chi connectivity index (χ0v) is 17.2. The molecule has 6 heteroatoms. The Hall–Kier alpha value is -0.676. The topological polar surface area (TPSA) is 40.5 Å². The molecule has 0 atom stereocenters. The summed E-state index contributed by atoms with van der Waals surface area (Å²) in [5.41, 5.74) is 2.49. The summed E-state index contributed by atoms with van der Waals surface area (Å²) in [4.78, 5) is 12.1. The first-order chi connectivity index (χ1) is 10.6. The predicted octanol–water partition coefficient (Wildman–Crippen LogP) is 3.32. The number of aryl methyl sites for hydroxylation is 1. The van der Waals surface area contributed by atoms with Crippen LogP contribution in [0.5, 0.6) is 5.75 Å². The van der Waals surface area contributed by atoms with E-state index in [4.69, 9.17) is 21.1 Å². The second-order valence-electron chi connectivity index (χ2n) is 4.85. The molecule has 0 N–H and O–H groups in total. The molecule has 1 radical (unpaired) electrons. The number of nitrogens with zero attached hydrogens (tertiary/aromatic N) is 1. The van der Waals surface area contributed by atoms with Gasteiger partial charge in [-0.15, -0.1) is 6.07 Å². The van der Waals surface area contributed by atoms with Gasteiger partial charge >= 0.3 is 0 Å². The summed E-state index contributed by atoms with van der Waals surface area (Å²) in [7, 11) is 1.64. The van der Waals surface area contributed by atoms with Crippen LogP contribution in [-0.2, 0) is 44.0 Å². The average Bonchev–Trinajstić information content (AvgIpc) is 2.51. The first kappa shape index (κ1) is 20.4. The molecule has 4 nitrogen and oxygen atoms in total. The predicted molar refractivity (Wildman–Crippen MR) is 87.8 cm³/mol. The molecule has 0 unspecified atom stereocenters. The fraction of sp³-hybridized carbons (Fsp3) is 0.353. The molecule has 0 fully saturated rings. The van der Waals surface area contributed by atoms with Crippen molar-refractivity contribution < 1.29 is 42.2 Å². The van der Waals surface area contributed by atoms with E-state index in [1.54, 1.807) is 11.7 Å². The van der Waals surface area contributed by atoms with E-state index in [2.05, 4.69) is 6.07 Å². The fourth-order valence-electron chi connectivity index (χ4n) is 2.26. The van der Waals surface area contributed by atoms with Crippen molar-refractivity contribution in [3.8, 4) is 17.0 Å². The zero-order valence-electron chi connectivity index (χ0n) is 13.6. The van der Waals surface area contributed by atoms with Crippen molar-refractivity contribution in [1.82, 2.24) is 4.57 Å². The summed E-state index contributed by atoms with van der Waals surface area (Å²) in [5.74, 6) is 0.776. The summed E-state index contributed by atoms with van der Waals surface area (Å²) in [5, 5.41) is 0.183. The van der Waals surface area contributed by atoms with Crippen LogP contribution in [0.15, 0.2) is 29.1 Å². The first-order valence-corrected chi connectivity index (χ1v) is 7.50. The molecular weight excluding hydrogens is 391 g/mol. The molecule has 0 spiro atoms. The Bertz CT molecular complexity index is 715. The fourth-order valence-corrected chi connectivity index (χ4v) is 2.42. The normalized spacial score (nSPS) is 10.3. The number of benzene rings is 1. The second-order valence-corrected chi connectivity index (χ2v) is 5.26. The summed E-state index contributed by atoms with van der Waals surface area (Å²) in [6.45, 7) is 5.47. The molecule has 1 aromatic carbocycles. The van der Waals surface area contributed by atoms with Crippen LogP contribution in [-0.4, -0.2) is 24.9 Å². The third-order valence-corrected chi connectivity index (χ3v) is 3.65. The molecule has 0 aliphatic carbocycles. The van der Waals surface area contributed by atoms with Crippen molar-refractivity contribution in [1.29, 1.82) is 0 Å². The van der Waals surface area contributed by atoms with Gasteiger partial charge in [-0.2, -0.15) is 23.7 Å². The number of methoxy groups -OCH3 is 1. The van der Waals surface area contributed by atoms with Crippen molar-refractivity contribution in [2.24, 2.45) is 0 Å². The molecule has 2 rings (SSSR count). The Morgan fingerprint density at radius 1 is 1.30 bits per heavy atom. The van der Waals surface area contributed by atoms with Gasteiger partial charge in [-0.1, -0.05) is 23.7 Å². The van der Waals surface area contributed by atoms with Gasteiger partial charge in [0.05, 0.1) is 6.61 Å². The van der Waals surface area contributed by atoms with Crippen LogP contribution >= 0.6 is 11.6 Å². The molecule has 0 saturated carbocycles. The molecule has 0 amide bonds. The standard InChI is InChI=1S/C17H19ClNO3.Y/c1-4-19-16(8-7-15(18)17(19)20)14-6-5-13(11-12(14)2)22-10-9-21-3;/h5-7,11H,4,9-10H2,1-3H3;/q-1;. The molecule has 1 aromatic heterocycles. The molecule has 0 aliphatic heterocycles. The molecule has 0 saturated heterocycles. The first-order valence-electron chi connectivity index (χ1n) is 7.12. The number of aromatic nitrogens is 1. The van der Waals surface area contributed by atoms with Crippen molar-refractivity contribution >= 4 is 11.6 Å². The summed E-state index contributed by atoms with van der Waals surface area (Å²) in [6.07, 6.45) is 0. The maximum Gasteiger partial charge on any atom is 0.212 e. The van der Waals surface area contributed by atoms with Gasteiger partial charge in [-0.25, -0.2) is 0 Å². The van der Waals surface area contributed by atoms with Crippen LogP contribution in [0.2, 0.25) is 5.02 Å². The second kappa shape index (κ2) is 9.58. The minimum Gasteiger partial charge on any atom is -0.491 e. The van der Waals surface area contributed by atoms with Gasteiger partial charge in [-0.05, 0) is 19.1 Å². The molecular formula is C17H19ClNO3Y-. The number of halogens is 1. The third kappa shape index (κ3) is 4.90. The number of ether oxygens (including phenoxy) is 2. The van der Waals surface area contributed by atoms with E-state index >= 15 is 0 Å². The molecule has 2 aromatic rings. The van der Waals surface area contributed by atoms with E-state index in [1.807, 2.05) is 32.0 Å². The van der Waals surface area contributed by atoms with Crippen molar-refractivity contribution in [3.05, 3.63) is 51.3 Å². The van der Waals surface area contributed by atoms with Gasteiger partial charge in [0.15, 0.2) is 0 Å². The van der Waals surface area contributed by atoms with Crippen molar-refractivity contribution in [2.45, 2.75) is 20.4 Å². The zero-order chi connectivity index (χ0) is 16.1. The maximum atomic E-state index is 12.1. The van der Waals surface area contributed by atoms with E-state index in [0.29, 0.717) is 19.8 Å². The van der Waals surface area contributed by atoms with Gasteiger partial charge < -0.3 is 14.0 Å². The molecule has 0 aliphatic rings. The van der Waals surface area contributed by atoms with Crippen LogP contribution in [0.3, 0.4) is 0 Å². The van der Waals surface area contributed by atoms with Gasteiger partial charge in [0.2, 0.25) is 5.56 Å². The minimum atomic E-state index is -0.197. The van der Waals surface area contributed by atoms with Crippen LogP contribution in [0.25, 0.3) is 11.3 Å². The van der Waals surface area contributed by atoms with E-state index in [-0.39, 0.29) is 43.3 Å². The monoisotopic (exact) mass is 409 g/mol. The van der Waals surface area contributed by atoms with Crippen molar-refractivity contribution in [3.63, 3.8) is 0 Å². The SMILES string of the molecule is CCn1c(-c2ccc(OCCOC)cc2C)[c-]cc(Cl)c1=O.[Y]. The number of hydrogen-bond acceptors (Lipinski definition) is 3. The van der Waals surface area contributed by atoms with Gasteiger partial charge in [-0.3, -0.25) is 4.79 Å². The Morgan fingerprint density at radius 3 is 2.65 bits per heavy atom. The van der Waals surface area contributed by atoms with Crippen LogP contribution in [0, 0.1) is 13.0 Å². The molecule has 1 heterocycles. The third-order valence-electron chi connectivity index (χ3n) is 3.38. The number of pyridine rings is 1. The van der Waals surface area contributed by atoms with E-state index < -0.39 is 0 Å². The van der Waals surface area contributed by atoms with Crippen molar-refractivity contribution in [2.75, 3.05) is 20.3 Å². The minimum absolute atomic E-state index is 0. The summed E-state index contributed by atoms with van der Waals surface area (Å²) >= 11 is 5.89. The Labute approximate surface area is 166 Å². The average molecular weight is 410 g/mol. The van der Waals surface area contributed by atoms with Crippen LogP contribution in [0.4, 0.5) is 0 Å². The molecule has 121 valence electrons. The Balaban J connectivity index is 0.00000264. The molecule has 0 bridgehead atoms. The Kier molecular flexibility index (Phi) is 8.48. The van der Waals surface area contributed by atoms with E-state index in [0.717, 1.165) is 22.6 Å². The summed E-state index contributed by atoms with van der Waals surface area (Å²) in [6, 6.07) is 10.4. The largest absolute Gasteiger partial charge is 0.491 e. The van der Waals surface area contributed by atoms with Gasteiger partial charge in [0.25, 0.3) is 0 Å².